The molecular formula is C37H32ClFN2O. The van der Waals surface area contributed by atoms with Crippen LogP contribution < -0.4 is 0 Å². The van der Waals surface area contributed by atoms with Crippen molar-refractivity contribution in [3.05, 3.63) is 155 Å². The molecule has 1 aliphatic carbocycles. The highest BCUT2D eigenvalue weighted by atomic mass is 35.5. The van der Waals surface area contributed by atoms with Gasteiger partial charge in [0.25, 0.3) is 0 Å². The molecule has 1 aliphatic rings. The third-order valence-electron chi connectivity index (χ3n) is 8.36. The number of hydrogen-bond acceptors (Lipinski definition) is 2. The second-order valence-corrected chi connectivity index (χ2v) is 11.3. The Bertz CT molecular complexity index is 1590. The summed E-state index contributed by atoms with van der Waals surface area (Å²) in [5.74, 6) is -0.491. The molecule has 0 radical (unpaired) electrons. The van der Waals surface area contributed by atoms with Gasteiger partial charge in [-0.1, -0.05) is 121 Å². The van der Waals surface area contributed by atoms with Crippen molar-refractivity contribution in [2.45, 2.75) is 43.3 Å². The molecule has 5 heteroatoms. The van der Waals surface area contributed by atoms with Crippen LogP contribution in [-0.2, 0) is 10.3 Å². The Hall–Kier alpha value is -4.28. The maximum absolute atomic E-state index is 15.4. The van der Waals surface area contributed by atoms with Gasteiger partial charge in [-0.2, -0.15) is 0 Å². The quantitative estimate of drug-likeness (QED) is 0.137. The number of nitrogens with zero attached hydrogens (tertiary/aromatic N) is 2. The van der Waals surface area contributed by atoms with E-state index in [-0.39, 0.29) is 12.8 Å². The summed E-state index contributed by atoms with van der Waals surface area (Å²) in [6.07, 6.45) is 9.86. The zero-order valence-electron chi connectivity index (χ0n) is 23.3. The molecule has 42 heavy (non-hydrogen) atoms. The molecular weight excluding hydrogens is 543 g/mol. The van der Waals surface area contributed by atoms with Crippen LogP contribution in [0.15, 0.2) is 128 Å². The highest BCUT2D eigenvalue weighted by Gasteiger charge is 2.39. The SMILES string of the molecule is O=C(/C=C/c1c(Cl)cccc1-c1cn(C(c2ccccc2)(c2ccccc2)c2ccccc2)cn1)C1(F)CCCCC1. The van der Waals surface area contributed by atoms with Gasteiger partial charge in [-0.3, -0.25) is 4.79 Å². The van der Waals surface area contributed by atoms with Crippen molar-refractivity contribution in [2.24, 2.45) is 0 Å². The maximum Gasteiger partial charge on any atom is 0.192 e. The molecule has 6 rings (SSSR count). The number of carbonyl (C=O) groups excluding carboxylic acids is 1. The minimum absolute atomic E-state index is 0.274. The number of allylic oxidation sites excluding steroid dienone is 1. The lowest BCUT2D eigenvalue weighted by Crippen LogP contribution is -2.36. The van der Waals surface area contributed by atoms with Crippen molar-refractivity contribution in [1.29, 1.82) is 0 Å². The van der Waals surface area contributed by atoms with Crippen LogP contribution in [0.25, 0.3) is 17.3 Å². The number of ketones is 1. The Labute approximate surface area is 251 Å². The molecule has 3 nitrogen and oxygen atoms in total. The summed E-state index contributed by atoms with van der Waals surface area (Å²) >= 11 is 6.68. The molecule has 1 fully saturated rings. The van der Waals surface area contributed by atoms with Crippen LogP contribution in [0.5, 0.6) is 0 Å². The van der Waals surface area contributed by atoms with Crippen molar-refractivity contribution in [1.82, 2.24) is 9.55 Å². The van der Waals surface area contributed by atoms with E-state index in [1.165, 1.54) is 6.08 Å². The molecule has 0 N–H and O–H groups in total. The van der Waals surface area contributed by atoms with Crippen LogP contribution in [0.4, 0.5) is 4.39 Å². The predicted octanol–water partition coefficient (Wildman–Crippen LogP) is 9.30. The fraction of sp³-hybridized carbons (Fsp3) is 0.189. The molecule has 0 spiro atoms. The van der Waals surface area contributed by atoms with Gasteiger partial charge < -0.3 is 4.57 Å². The first-order valence-electron chi connectivity index (χ1n) is 14.4. The van der Waals surface area contributed by atoms with Crippen LogP contribution in [0, 0.1) is 0 Å². The molecule has 1 aromatic heterocycles. The summed E-state index contributed by atoms with van der Waals surface area (Å²) in [6, 6.07) is 36.8. The lowest BCUT2D eigenvalue weighted by Gasteiger charge is -2.37. The number of alkyl halides is 1. The largest absolute Gasteiger partial charge is 0.318 e. The zero-order valence-corrected chi connectivity index (χ0v) is 24.1. The van der Waals surface area contributed by atoms with Gasteiger partial charge in [-0.05, 0) is 60.6 Å². The van der Waals surface area contributed by atoms with E-state index in [1.54, 1.807) is 12.1 Å². The summed E-state index contributed by atoms with van der Waals surface area (Å²) in [4.78, 5) is 17.8. The molecule has 210 valence electrons. The molecule has 1 heterocycles. The van der Waals surface area contributed by atoms with Crippen LogP contribution in [0.3, 0.4) is 0 Å². The Balaban J connectivity index is 1.48. The molecule has 0 atom stereocenters. The lowest BCUT2D eigenvalue weighted by molar-refractivity contribution is -0.127. The van der Waals surface area contributed by atoms with Gasteiger partial charge in [0, 0.05) is 22.3 Å². The molecule has 0 bridgehead atoms. The average Bonchev–Trinajstić information content (AvgIpc) is 3.53. The first kappa shape index (κ1) is 27.9. The van der Waals surface area contributed by atoms with E-state index in [1.807, 2.05) is 42.9 Å². The third kappa shape index (κ3) is 5.12. The van der Waals surface area contributed by atoms with E-state index >= 15 is 4.39 Å². The van der Waals surface area contributed by atoms with E-state index in [2.05, 4.69) is 77.4 Å². The van der Waals surface area contributed by atoms with E-state index < -0.39 is 17.0 Å². The van der Waals surface area contributed by atoms with Gasteiger partial charge in [0.1, 0.15) is 5.54 Å². The Morgan fingerprint density at radius 1 is 0.786 bits per heavy atom. The summed E-state index contributed by atoms with van der Waals surface area (Å²) in [7, 11) is 0. The minimum Gasteiger partial charge on any atom is -0.318 e. The summed E-state index contributed by atoms with van der Waals surface area (Å²) in [5.41, 5.74) is 2.87. The maximum atomic E-state index is 15.4. The van der Waals surface area contributed by atoms with E-state index in [9.17, 15) is 4.79 Å². The number of carbonyl (C=O) groups is 1. The molecule has 4 aromatic carbocycles. The first-order chi connectivity index (χ1) is 20.5. The van der Waals surface area contributed by atoms with E-state index in [0.29, 0.717) is 16.3 Å². The zero-order chi connectivity index (χ0) is 29.0. The van der Waals surface area contributed by atoms with Crippen molar-refractivity contribution in [3.8, 4) is 11.3 Å². The molecule has 5 aromatic rings. The van der Waals surface area contributed by atoms with Crippen molar-refractivity contribution >= 4 is 23.5 Å². The summed E-state index contributed by atoms with van der Waals surface area (Å²) in [5, 5.41) is 0.475. The highest BCUT2D eigenvalue weighted by Crippen LogP contribution is 2.42. The summed E-state index contributed by atoms with van der Waals surface area (Å²) in [6.45, 7) is 0. The standard InChI is InChI=1S/C37H32ClFN2O/c38-33-21-13-20-32(31(33)22-23-35(42)36(39)24-11-4-12-25-36)34-26-41(27-40-34)37(28-14-5-1-6-15-28,29-16-7-2-8-17-29)30-18-9-3-10-19-30/h1-3,5-10,13-23,26-27H,4,11-12,24-25H2/b23-22+. The molecule has 0 unspecified atom stereocenters. The number of hydrogen-bond donors (Lipinski definition) is 0. The lowest BCUT2D eigenvalue weighted by atomic mass is 9.77. The van der Waals surface area contributed by atoms with Gasteiger partial charge in [0.15, 0.2) is 11.5 Å². The normalized spacial score (nSPS) is 15.1. The van der Waals surface area contributed by atoms with Crippen LogP contribution >= 0.6 is 11.6 Å². The number of halogens is 2. The number of rotatable bonds is 8. The fourth-order valence-corrected chi connectivity index (χ4v) is 6.46. The predicted molar refractivity (Wildman–Crippen MR) is 168 cm³/mol. The number of imidazole rings is 1. The van der Waals surface area contributed by atoms with Gasteiger partial charge in [0.05, 0.1) is 12.0 Å². The fourth-order valence-electron chi connectivity index (χ4n) is 6.23. The van der Waals surface area contributed by atoms with Crippen molar-refractivity contribution < 1.29 is 9.18 Å². The number of aromatic nitrogens is 2. The molecule has 0 amide bonds. The van der Waals surface area contributed by atoms with Crippen molar-refractivity contribution in [3.63, 3.8) is 0 Å². The van der Waals surface area contributed by atoms with E-state index in [0.717, 1.165) is 41.5 Å². The first-order valence-corrected chi connectivity index (χ1v) is 14.8. The Morgan fingerprint density at radius 2 is 1.33 bits per heavy atom. The topological polar surface area (TPSA) is 34.9 Å². The van der Waals surface area contributed by atoms with Crippen LogP contribution in [0.2, 0.25) is 5.02 Å². The molecule has 0 aliphatic heterocycles. The third-order valence-corrected chi connectivity index (χ3v) is 8.69. The molecule has 1 saturated carbocycles. The number of benzene rings is 4. The van der Waals surface area contributed by atoms with Crippen LogP contribution in [0.1, 0.15) is 54.4 Å². The van der Waals surface area contributed by atoms with E-state index in [4.69, 9.17) is 16.6 Å². The Morgan fingerprint density at radius 3 is 1.88 bits per heavy atom. The smallest absolute Gasteiger partial charge is 0.192 e. The van der Waals surface area contributed by atoms with Crippen molar-refractivity contribution in [2.75, 3.05) is 0 Å². The minimum atomic E-state index is -1.79. The van der Waals surface area contributed by atoms with Gasteiger partial charge in [0.2, 0.25) is 0 Å². The molecule has 0 saturated heterocycles. The van der Waals surface area contributed by atoms with Gasteiger partial charge in [-0.15, -0.1) is 0 Å². The second kappa shape index (κ2) is 11.9. The average molecular weight is 575 g/mol. The van der Waals surface area contributed by atoms with Gasteiger partial charge >= 0.3 is 0 Å². The van der Waals surface area contributed by atoms with Crippen LogP contribution in [-0.4, -0.2) is 21.0 Å². The summed E-state index contributed by atoms with van der Waals surface area (Å²) < 4.78 is 17.5. The monoisotopic (exact) mass is 574 g/mol. The highest BCUT2D eigenvalue weighted by molar-refractivity contribution is 6.32. The van der Waals surface area contributed by atoms with Gasteiger partial charge in [-0.25, -0.2) is 9.37 Å². The Kier molecular flexibility index (Phi) is 7.90. The second-order valence-electron chi connectivity index (χ2n) is 10.9.